The third-order valence-corrected chi connectivity index (χ3v) is 4.85. The number of benzene rings is 1. The standard InChI is InChI=1S/C21H26N4O3/c1-28-19-4-2-3-17(13-19)21(27)23-14-20(26)24-18-7-11-25(12-8-18)15-16-5-9-22-10-6-16/h2-6,9-10,13,18H,7-8,11-12,14-15H2,1H3,(H,23,27)(H,24,26). The van der Waals surface area contributed by atoms with E-state index in [1.54, 1.807) is 31.4 Å². The van der Waals surface area contributed by atoms with Crippen LogP contribution in [0.4, 0.5) is 0 Å². The molecule has 7 heteroatoms. The van der Waals surface area contributed by atoms with Crippen LogP contribution in [0, 0.1) is 0 Å². The lowest BCUT2D eigenvalue weighted by Gasteiger charge is -2.32. The first-order valence-electron chi connectivity index (χ1n) is 9.47. The molecule has 0 bridgehead atoms. The van der Waals surface area contributed by atoms with Gasteiger partial charge in [0.2, 0.25) is 5.91 Å². The Labute approximate surface area is 165 Å². The van der Waals surface area contributed by atoms with Crippen LogP contribution in [0.5, 0.6) is 5.75 Å². The lowest BCUT2D eigenvalue weighted by Crippen LogP contribution is -2.47. The molecule has 148 valence electrons. The molecule has 2 heterocycles. The number of piperidine rings is 1. The number of amides is 2. The second kappa shape index (κ2) is 9.85. The molecule has 0 radical (unpaired) electrons. The quantitative estimate of drug-likeness (QED) is 0.760. The van der Waals surface area contributed by atoms with Crippen molar-refractivity contribution in [3.63, 3.8) is 0 Å². The van der Waals surface area contributed by atoms with Crippen LogP contribution in [0.1, 0.15) is 28.8 Å². The Morgan fingerprint density at radius 3 is 2.64 bits per heavy atom. The van der Waals surface area contributed by atoms with Crippen molar-refractivity contribution in [2.24, 2.45) is 0 Å². The molecule has 1 fully saturated rings. The van der Waals surface area contributed by atoms with Crippen molar-refractivity contribution in [3.05, 3.63) is 59.9 Å². The number of likely N-dealkylation sites (tertiary alicyclic amines) is 1. The number of carbonyl (C=O) groups is 2. The molecular weight excluding hydrogens is 356 g/mol. The predicted octanol–water partition coefficient (Wildman–Crippen LogP) is 1.60. The van der Waals surface area contributed by atoms with Gasteiger partial charge in [0.1, 0.15) is 5.75 Å². The molecule has 28 heavy (non-hydrogen) atoms. The first kappa shape index (κ1) is 19.8. The number of hydrogen-bond donors (Lipinski definition) is 2. The molecule has 0 spiro atoms. The molecule has 0 aliphatic carbocycles. The molecule has 0 saturated carbocycles. The summed E-state index contributed by atoms with van der Waals surface area (Å²) >= 11 is 0. The number of rotatable bonds is 7. The average molecular weight is 382 g/mol. The highest BCUT2D eigenvalue weighted by Gasteiger charge is 2.21. The lowest BCUT2D eigenvalue weighted by atomic mass is 10.0. The summed E-state index contributed by atoms with van der Waals surface area (Å²) in [5, 5.41) is 5.68. The summed E-state index contributed by atoms with van der Waals surface area (Å²) in [7, 11) is 1.55. The highest BCUT2D eigenvalue weighted by molar-refractivity contribution is 5.96. The van der Waals surface area contributed by atoms with E-state index in [9.17, 15) is 9.59 Å². The number of nitrogens with zero attached hydrogens (tertiary/aromatic N) is 2. The van der Waals surface area contributed by atoms with Gasteiger partial charge in [-0.2, -0.15) is 0 Å². The summed E-state index contributed by atoms with van der Waals surface area (Å²) in [4.78, 5) is 30.8. The second-order valence-electron chi connectivity index (χ2n) is 6.89. The molecule has 1 aliphatic rings. The molecule has 2 amide bonds. The molecule has 0 unspecified atom stereocenters. The fraction of sp³-hybridized carbons (Fsp3) is 0.381. The van der Waals surface area contributed by atoms with Crippen molar-refractivity contribution in [1.82, 2.24) is 20.5 Å². The number of carbonyl (C=O) groups excluding carboxylic acids is 2. The lowest BCUT2D eigenvalue weighted by molar-refractivity contribution is -0.121. The smallest absolute Gasteiger partial charge is 0.251 e. The van der Waals surface area contributed by atoms with E-state index in [-0.39, 0.29) is 24.4 Å². The second-order valence-corrected chi connectivity index (χ2v) is 6.89. The van der Waals surface area contributed by atoms with Gasteiger partial charge in [-0.15, -0.1) is 0 Å². The number of hydrogen-bond acceptors (Lipinski definition) is 5. The van der Waals surface area contributed by atoms with Crippen LogP contribution in [0.2, 0.25) is 0 Å². The molecule has 7 nitrogen and oxygen atoms in total. The number of nitrogens with one attached hydrogen (secondary N) is 2. The van der Waals surface area contributed by atoms with E-state index in [0.29, 0.717) is 11.3 Å². The van der Waals surface area contributed by atoms with Crippen molar-refractivity contribution in [3.8, 4) is 5.75 Å². The van der Waals surface area contributed by atoms with Crippen LogP contribution in [0.3, 0.4) is 0 Å². The third kappa shape index (κ3) is 5.79. The molecule has 0 atom stereocenters. The summed E-state index contributed by atoms with van der Waals surface area (Å²) in [6.07, 6.45) is 5.42. The summed E-state index contributed by atoms with van der Waals surface area (Å²) in [6.45, 7) is 2.74. The zero-order valence-corrected chi connectivity index (χ0v) is 16.1. The van der Waals surface area contributed by atoms with Gasteiger partial charge >= 0.3 is 0 Å². The first-order chi connectivity index (χ1) is 13.6. The van der Waals surface area contributed by atoms with E-state index in [2.05, 4.69) is 20.5 Å². The molecule has 2 N–H and O–H groups in total. The fourth-order valence-corrected chi connectivity index (χ4v) is 3.29. The van der Waals surface area contributed by atoms with Crippen molar-refractivity contribution < 1.29 is 14.3 Å². The maximum Gasteiger partial charge on any atom is 0.251 e. The van der Waals surface area contributed by atoms with Gasteiger partial charge in [-0.1, -0.05) is 6.07 Å². The summed E-state index contributed by atoms with van der Waals surface area (Å²) in [5.74, 6) is 0.153. The summed E-state index contributed by atoms with van der Waals surface area (Å²) in [5.41, 5.74) is 1.72. The van der Waals surface area contributed by atoms with Crippen molar-refractivity contribution in [2.45, 2.75) is 25.4 Å². The Bertz CT molecular complexity index is 789. The topological polar surface area (TPSA) is 83.6 Å². The zero-order chi connectivity index (χ0) is 19.8. The van der Waals surface area contributed by atoms with E-state index in [1.807, 2.05) is 24.5 Å². The van der Waals surface area contributed by atoms with Crippen LogP contribution in [0.15, 0.2) is 48.8 Å². The fourth-order valence-electron chi connectivity index (χ4n) is 3.29. The molecular formula is C21H26N4O3. The Balaban J connectivity index is 1.38. The number of aromatic nitrogens is 1. The van der Waals surface area contributed by atoms with E-state index < -0.39 is 0 Å². The van der Waals surface area contributed by atoms with Crippen molar-refractivity contribution in [1.29, 1.82) is 0 Å². The Morgan fingerprint density at radius 1 is 1.18 bits per heavy atom. The van der Waals surface area contributed by atoms with Crippen LogP contribution < -0.4 is 15.4 Å². The highest BCUT2D eigenvalue weighted by Crippen LogP contribution is 2.14. The van der Waals surface area contributed by atoms with E-state index in [4.69, 9.17) is 4.74 Å². The molecule has 1 aromatic heterocycles. The van der Waals surface area contributed by atoms with Gasteiger partial charge in [-0.05, 0) is 48.7 Å². The summed E-state index contributed by atoms with van der Waals surface area (Å²) < 4.78 is 5.11. The minimum atomic E-state index is -0.291. The Kier molecular flexibility index (Phi) is 6.97. The number of methoxy groups -OCH3 is 1. The van der Waals surface area contributed by atoms with Gasteiger partial charge in [0.05, 0.1) is 13.7 Å². The molecule has 2 aromatic rings. The normalized spacial score (nSPS) is 15.0. The average Bonchev–Trinajstić information content (AvgIpc) is 2.74. The molecule has 3 rings (SSSR count). The highest BCUT2D eigenvalue weighted by atomic mass is 16.5. The van der Waals surface area contributed by atoms with Gasteiger partial charge in [0.25, 0.3) is 5.91 Å². The van der Waals surface area contributed by atoms with Crippen LogP contribution in [-0.4, -0.2) is 54.5 Å². The van der Waals surface area contributed by atoms with Crippen LogP contribution in [0.25, 0.3) is 0 Å². The maximum absolute atomic E-state index is 12.2. The first-order valence-corrected chi connectivity index (χ1v) is 9.47. The molecule has 1 saturated heterocycles. The Morgan fingerprint density at radius 2 is 1.93 bits per heavy atom. The minimum Gasteiger partial charge on any atom is -0.497 e. The third-order valence-electron chi connectivity index (χ3n) is 4.85. The van der Waals surface area contributed by atoms with Crippen LogP contribution in [-0.2, 0) is 11.3 Å². The van der Waals surface area contributed by atoms with Gasteiger partial charge in [-0.3, -0.25) is 19.5 Å². The largest absolute Gasteiger partial charge is 0.497 e. The molecule has 1 aromatic carbocycles. The number of pyridine rings is 1. The number of ether oxygens (including phenoxy) is 1. The van der Waals surface area contributed by atoms with Gasteiger partial charge in [0.15, 0.2) is 0 Å². The van der Waals surface area contributed by atoms with Gasteiger partial charge in [0, 0.05) is 43.6 Å². The SMILES string of the molecule is COc1cccc(C(=O)NCC(=O)NC2CCN(Cc3ccncc3)CC2)c1. The zero-order valence-electron chi connectivity index (χ0n) is 16.1. The van der Waals surface area contributed by atoms with Gasteiger partial charge in [-0.25, -0.2) is 0 Å². The molecule has 1 aliphatic heterocycles. The van der Waals surface area contributed by atoms with E-state index >= 15 is 0 Å². The van der Waals surface area contributed by atoms with Crippen molar-refractivity contribution >= 4 is 11.8 Å². The van der Waals surface area contributed by atoms with E-state index in [0.717, 1.165) is 32.5 Å². The van der Waals surface area contributed by atoms with E-state index in [1.165, 1.54) is 5.56 Å². The summed E-state index contributed by atoms with van der Waals surface area (Å²) in [6, 6.07) is 11.0. The predicted molar refractivity (Wildman–Crippen MR) is 106 cm³/mol. The monoisotopic (exact) mass is 382 g/mol. The van der Waals surface area contributed by atoms with Crippen LogP contribution >= 0.6 is 0 Å². The minimum absolute atomic E-state index is 0.0345. The van der Waals surface area contributed by atoms with Gasteiger partial charge < -0.3 is 15.4 Å². The Hall–Kier alpha value is -2.93. The maximum atomic E-state index is 12.2. The van der Waals surface area contributed by atoms with Crippen molar-refractivity contribution in [2.75, 3.05) is 26.7 Å².